The molecule has 240 valence electrons. The fraction of sp³-hybridized carbons (Fsp3) is 0.429. The number of anilines is 1. The first-order valence-corrected chi connectivity index (χ1v) is 15.5. The maximum atomic E-state index is 14.3. The first kappa shape index (κ1) is 33.6. The number of amides is 3. The zero-order chi connectivity index (χ0) is 32.3. The Kier molecular flexibility index (Phi) is 12.1. The van der Waals surface area contributed by atoms with E-state index in [0.29, 0.717) is 35.7 Å². The van der Waals surface area contributed by atoms with Crippen molar-refractivity contribution in [2.24, 2.45) is 5.92 Å². The summed E-state index contributed by atoms with van der Waals surface area (Å²) in [5.41, 5.74) is 1.75. The van der Waals surface area contributed by atoms with Crippen LogP contribution in [0, 0.1) is 5.92 Å². The van der Waals surface area contributed by atoms with Crippen LogP contribution in [0.5, 0.6) is 5.75 Å². The molecule has 4 rings (SSSR count). The third kappa shape index (κ3) is 9.12. The summed E-state index contributed by atoms with van der Waals surface area (Å²) >= 11 is 0. The number of carbonyl (C=O) groups excluding carboxylic acids is 3. The largest absolute Gasteiger partial charge is 0.490 e. The number of carbonyl (C=O) groups is 3. The van der Waals surface area contributed by atoms with E-state index in [9.17, 15) is 19.5 Å². The van der Waals surface area contributed by atoms with Crippen LogP contribution in [0.15, 0.2) is 73.1 Å². The fourth-order valence-electron chi connectivity index (χ4n) is 5.32. The van der Waals surface area contributed by atoms with Crippen LogP contribution in [0.4, 0.5) is 5.69 Å². The van der Waals surface area contributed by atoms with Gasteiger partial charge in [-0.25, -0.2) is 0 Å². The highest BCUT2D eigenvalue weighted by Gasteiger charge is 2.31. The summed E-state index contributed by atoms with van der Waals surface area (Å²) in [6, 6.07) is 16.9. The van der Waals surface area contributed by atoms with Crippen LogP contribution in [0.25, 0.3) is 0 Å². The van der Waals surface area contributed by atoms with Gasteiger partial charge >= 0.3 is 0 Å². The van der Waals surface area contributed by atoms with Crippen molar-refractivity contribution in [1.29, 1.82) is 0 Å². The second-order valence-electron chi connectivity index (χ2n) is 11.8. The van der Waals surface area contributed by atoms with Gasteiger partial charge < -0.3 is 29.7 Å². The van der Waals surface area contributed by atoms with Crippen LogP contribution in [-0.4, -0.2) is 89.2 Å². The molecule has 2 heterocycles. The number of fused-ring (bicyclic) bond motifs is 1. The first-order chi connectivity index (χ1) is 21.7. The Bertz CT molecular complexity index is 1420. The van der Waals surface area contributed by atoms with Gasteiger partial charge in [-0.1, -0.05) is 25.1 Å². The molecule has 0 spiro atoms. The molecule has 0 radical (unpaired) electrons. The van der Waals surface area contributed by atoms with E-state index in [1.54, 1.807) is 78.6 Å². The van der Waals surface area contributed by atoms with E-state index in [1.165, 1.54) is 0 Å². The third-order valence-corrected chi connectivity index (χ3v) is 8.07. The number of aliphatic hydroxyl groups excluding tert-OH is 1. The number of nitrogens with zero attached hydrogens (tertiary/aromatic N) is 3. The number of aromatic nitrogens is 1. The minimum Gasteiger partial charge on any atom is -0.490 e. The number of aliphatic hydroxyl groups is 1. The number of ether oxygens (including phenoxy) is 2. The number of benzene rings is 2. The predicted molar refractivity (Wildman–Crippen MR) is 172 cm³/mol. The Morgan fingerprint density at radius 3 is 2.51 bits per heavy atom. The van der Waals surface area contributed by atoms with Crippen molar-refractivity contribution in [2.75, 3.05) is 38.7 Å². The monoisotopic (exact) mass is 616 g/mol. The molecule has 2 aromatic carbocycles. The molecule has 4 atom stereocenters. The zero-order valence-electron chi connectivity index (χ0n) is 26.5. The van der Waals surface area contributed by atoms with Crippen LogP contribution in [0.3, 0.4) is 0 Å². The lowest BCUT2D eigenvalue weighted by molar-refractivity contribution is -0.0149. The SMILES string of the molecule is C[C@@H]1CN([C@H](C)CO)C(=O)c2cc(NC(=O)c3ccncc3)ccc2O[C@@H](C)CCCCO[C@@H]1CN(C)C(=O)c1ccccc1. The average Bonchev–Trinajstić information content (AvgIpc) is 3.06. The van der Waals surface area contributed by atoms with Crippen molar-refractivity contribution in [1.82, 2.24) is 14.8 Å². The topological polar surface area (TPSA) is 121 Å². The van der Waals surface area contributed by atoms with Gasteiger partial charge in [-0.15, -0.1) is 0 Å². The maximum Gasteiger partial charge on any atom is 0.258 e. The van der Waals surface area contributed by atoms with Crippen molar-refractivity contribution in [2.45, 2.75) is 58.3 Å². The smallest absolute Gasteiger partial charge is 0.258 e. The van der Waals surface area contributed by atoms with Gasteiger partial charge in [0.15, 0.2) is 0 Å². The van der Waals surface area contributed by atoms with Crippen LogP contribution in [0.1, 0.15) is 71.1 Å². The zero-order valence-corrected chi connectivity index (χ0v) is 26.5. The third-order valence-electron chi connectivity index (χ3n) is 8.07. The number of likely N-dealkylation sites (N-methyl/N-ethyl adjacent to an activating group) is 1. The summed E-state index contributed by atoms with van der Waals surface area (Å²) in [6.45, 7) is 6.60. The molecule has 1 aliphatic rings. The summed E-state index contributed by atoms with van der Waals surface area (Å²) in [7, 11) is 1.76. The molecule has 0 saturated carbocycles. The quantitative estimate of drug-likeness (QED) is 0.387. The Morgan fingerprint density at radius 2 is 1.80 bits per heavy atom. The fourth-order valence-corrected chi connectivity index (χ4v) is 5.32. The van der Waals surface area contributed by atoms with Gasteiger partial charge in [0.2, 0.25) is 0 Å². The van der Waals surface area contributed by atoms with E-state index >= 15 is 0 Å². The Labute approximate surface area is 265 Å². The maximum absolute atomic E-state index is 14.3. The normalized spacial score (nSPS) is 20.2. The van der Waals surface area contributed by atoms with Gasteiger partial charge in [0.05, 0.1) is 30.4 Å². The molecule has 0 fully saturated rings. The van der Waals surface area contributed by atoms with Crippen LogP contribution >= 0.6 is 0 Å². The Morgan fingerprint density at radius 1 is 1.07 bits per heavy atom. The molecule has 1 aliphatic heterocycles. The van der Waals surface area contributed by atoms with Gasteiger partial charge in [0.1, 0.15) is 5.75 Å². The highest BCUT2D eigenvalue weighted by molar-refractivity contribution is 6.05. The van der Waals surface area contributed by atoms with Crippen molar-refractivity contribution in [3.05, 3.63) is 89.7 Å². The first-order valence-electron chi connectivity index (χ1n) is 15.5. The van der Waals surface area contributed by atoms with E-state index in [0.717, 1.165) is 19.3 Å². The van der Waals surface area contributed by atoms with E-state index in [2.05, 4.69) is 10.3 Å². The molecule has 0 unspecified atom stereocenters. The number of rotatable bonds is 7. The number of hydrogen-bond donors (Lipinski definition) is 2. The lowest BCUT2D eigenvalue weighted by Gasteiger charge is -2.36. The summed E-state index contributed by atoms with van der Waals surface area (Å²) in [6.07, 6.45) is 4.97. The number of nitrogens with one attached hydrogen (secondary N) is 1. The highest BCUT2D eigenvalue weighted by Crippen LogP contribution is 2.29. The summed E-state index contributed by atoms with van der Waals surface area (Å²) < 4.78 is 12.6. The lowest BCUT2D eigenvalue weighted by atomic mass is 10.0. The van der Waals surface area contributed by atoms with Crippen molar-refractivity contribution >= 4 is 23.4 Å². The molecule has 10 heteroatoms. The van der Waals surface area contributed by atoms with Gasteiger partial charge in [-0.2, -0.15) is 0 Å². The average molecular weight is 617 g/mol. The molecule has 0 saturated heterocycles. The number of hydrogen-bond acceptors (Lipinski definition) is 7. The molecular weight excluding hydrogens is 572 g/mol. The molecule has 2 N–H and O–H groups in total. The van der Waals surface area contributed by atoms with Crippen LogP contribution in [0.2, 0.25) is 0 Å². The van der Waals surface area contributed by atoms with Crippen molar-refractivity contribution in [3.8, 4) is 5.75 Å². The second kappa shape index (κ2) is 16.2. The van der Waals surface area contributed by atoms with E-state index < -0.39 is 6.04 Å². The highest BCUT2D eigenvalue weighted by atomic mass is 16.5. The summed E-state index contributed by atoms with van der Waals surface area (Å²) in [4.78, 5) is 47.6. The van der Waals surface area contributed by atoms with Crippen molar-refractivity contribution in [3.63, 3.8) is 0 Å². The van der Waals surface area contributed by atoms with E-state index in [1.807, 2.05) is 32.0 Å². The summed E-state index contributed by atoms with van der Waals surface area (Å²) in [5.74, 6) is -0.549. The Balaban J connectivity index is 1.63. The van der Waals surface area contributed by atoms with E-state index in [4.69, 9.17) is 9.47 Å². The van der Waals surface area contributed by atoms with Crippen LogP contribution in [-0.2, 0) is 4.74 Å². The number of pyridine rings is 1. The van der Waals surface area contributed by atoms with Gasteiger partial charge in [0, 0.05) is 61.9 Å². The second-order valence-corrected chi connectivity index (χ2v) is 11.8. The minimum atomic E-state index is -0.516. The molecule has 45 heavy (non-hydrogen) atoms. The molecule has 0 aliphatic carbocycles. The molecule has 10 nitrogen and oxygen atoms in total. The standard InChI is InChI=1S/C35H44N4O6/c1-24-21-39(25(2)23-40)35(43)30-20-29(37-33(41)27-15-17-36-18-16-27)13-14-31(30)45-26(3)10-8-9-19-44-32(24)22-38(4)34(42)28-11-6-5-7-12-28/h5-7,11-18,20,24-26,32,40H,8-10,19,21-23H2,1-4H3,(H,37,41)/t24-,25-,26+,32-/m1/s1. The molecule has 1 aromatic heterocycles. The van der Waals surface area contributed by atoms with Crippen molar-refractivity contribution < 1.29 is 29.0 Å². The predicted octanol–water partition coefficient (Wildman–Crippen LogP) is 4.90. The van der Waals surface area contributed by atoms with Gasteiger partial charge in [-0.3, -0.25) is 19.4 Å². The molecule has 3 amide bonds. The summed E-state index contributed by atoms with van der Waals surface area (Å²) in [5, 5.41) is 13.1. The molecule has 0 bridgehead atoms. The van der Waals surface area contributed by atoms with Crippen LogP contribution < -0.4 is 10.1 Å². The van der Waals surface area contributed by atoms with Gasteiger partial charge in [-0.05, 0) is 75.6 Å². The van der Waals surface area contributed by atoms with E-state index in [-0.39, 0.29) is 54.6 Å². The lowest BCUT2D eigenvalue weighted by Crippen LogP contribution is -2.48. The molecule has 3 aromatic rings. The van der Waals surface area contributed by atoms with Gasteiger partial charge in [0.25, 0.3) is 17.7 Å². The minimum absolute atomic E-state index is 0.108. The molecular formula is C35H44N4O6. The Hall–Kier alpha value is -4.28.